The van der Waals surface area contributed by atoms with Gasteiger partial charge in [-0.15, -0.1) is 0 Å². The average Bonchev–Trinajstić information content (AvgIpc) is 2.48. The second kappa shape index (κ2) is 7.13. The van der Waals surface area contributed by atoms with Crippen molar-refractivity contribution in [1.82, 2.24) is 9.97 Å². The first-order chi connectivity index (χ1) is 10.8. The minimum absolute atomic E-state index is 0.0353. The minimum atomic E-state index is -0.268. The van der Waals surface area contributed by atoms with Gasteiger partial charge in [-0.1, -0.05) is 30.0 Å². The van der Waals surface area contributed by atoms with Crippen LogP contribution in [0.15, 0.2) is 23.4 Å². The van der Waals surface area contributed by atoms with Gasteiger partial charge in [0.2, 0.25) is 5.91 Å². The zero-order valence-electron chi connectivity index (χ0n) is 14.5. The number of nitrogens with zero attached hydrogens (tertiary/aromatic N) is 2. The highest BCUT2D eigenvalue weighted by molar-refractivity contribution is 8.00. The Bertz CT molecular complexity index is 700. The molecular formula is C18H23N3OS. The highest BCUT2D eigenvalue weighted by Crippen LogP contribution is 2.25. The number of hydrogen-bond acceptors (Lipinski definition) is 4. The number of nitrogens with one attached hydrogen (secondary N) is 1. The molecule has 5 heteroatoms. The number of anilines is 1. The molecule has 0 saturated heterocycles. The van der Waals surface area contributed by atoms with Gasteiger partial charge in [-0.3, -0.25) is 4.79 Å². The Labute approximate surface area is 142 Å². The third-order valence-corrected chi connectivity index (χ3v) is 4.95. The second-order valence-corrected chi connectivity index (χ2v) is 7.13. The molecule has 0 spiro atoms. The standard InChI is InChI=1S/C18H23N3OS/c1-10-8-7-9-11(2)16(10)21-17(22)15(6)23-18-19-13(4)12(3)14(5)20-18/h7-9,15H,1-6H3,(H,21,22)/t15-/m0/s1. The quantitative estimate of drug-likeness (QED) is 0.676. The van der Waals surface area contributed by atoms with Gasteiger partial charge in [0, 0.05) is 17.1 Å². The molecule has 0 aliphatic rings. The highest BCUT2D eigenvalue weighted by atomic mass is 32.2. The molecule has 0 aliphatic heterocycles. The lowest BCUT2D eigenvalue weighted by atomic mass is 10.1. The number of thioether (sulfide) groups is 1. The van der Waals surface area contributed by atoms with Crippen molar-refractivity contribution in [2.75, 3.05) is 5.32 Å². The molecule has 1 aromatic heterocycles. The number of benzene rings is 1. The smallest absolute Gasteiger partial charge is 0.237 e. The Morgan fingerprint density at radius 3 is 2.09 bits per heavy atom. The fraction of sp³-hybridized carbons (Fsp3) is 0.389. The van der Waals surface area contributed by atoms with Crippen LogP contribution in [0.2, 0.25) is 0 Å². The SMILES string of the molecule is Cc1cccc(C)c1NC(=O)[C@H](C)Sc1nc(C)c(C)c(C)n1. The van der Waals surface area contributed by atoms with Crippen LogP contribution in [0, 0.1) is 34.6 Å². The van der Waals surface area contributed by atoms with Crippen LogP contribution in [-0.4, -0.2) is 21.1 Å². The molecule has 23 heavy (non-hydrogen) atoms. The number of amides is 1. The Morgan fingerprint density at radius 1 is 1.04 bits per heavy atom. The van der Waals surface area contributed by atoms with Crippen LogP contribution in [0.5, 0.6) is 0 Å². The van der Waals surface area contributed by atoms with Gasteiger partial charge in [0.1, 0.15) is 0 Å². The van der Waals surface area contributed by atoms with E-state index in [4.69, 9.17) is 0 Å². The van der Waals surface area contributed by atoms with Gasteiger partial charge in [0.25, 0.3) is 0 Å². The Morgan fingerprint density at radius 2 is 1.57 bits per heavy atom. The van der Waals surface area contributed by atoms with Crippen molar-refractivity contribution in [1.29, 1.82) is 0 Å². The average molecular weight is 329 g/mol. The lowest BCUT2D eigenvalue weighted by Gasteiger charge is -2.15. The zero-order chi connectivity index (χ0) is 17.1. The molecule has 0 radical (unpaired) electrons. The molecule has 2 rings (SSSR count). The molecule has 2 aromatic rings. The molecule has 0 unspecified atom stereocenters. The first kappa shape index (κ1) is 17.5. The van der Waals surface area contributed by atoms with Crippen LogP contribution >= 0.6 is 11.8 Å². The van der Waals surface area contributed by atoms with E-state index >= 15 is 0 Å². The van der Waals surface area contributed by atoms with Crippen molar-refractivity contribution in [3.63, 3.8) is 0 Å². The van der Waals surface area contributed by atoms with E-state index in [-0.39, 0.29) is 11.2 Å². The second-order valence-electron chi connectivity index (χ2n) is 5.82. The first-order valence-electron chi connectivity index (χ1n) is 7.65. The highest BCUT2D eigenvalue weighted by Gasteiger charge is 2.18. The summed E-state index contributed by atoms with van der Waals surface area (Å²) in [6.45, 7) is 11.8. The lowest BCUT2D eigenvalue weighted by molar-refractivity contribution is -0.115. The number of hydrogen-bond donors (Lipinski definition) is 1. The molecule has 122 valence electrons. The molecule has 0 bridgehead atoms. The van der Waals surface area contributed by atoms with E-state index in [2.05, 4.69) is 15.3 Å². The van der Waals surface area contributed by atoms with Crippen LogP contribution in [0.3, 0.4) is 0 Å². The maximum Gasteiger partial charge on any atom is 0.237 e. The van der Waals surface area contributed by atoms with Crippen molar-refractivity contribution < 1.29 is 4.79 Å². The summed E-state index contributed by atoms with van der Waals surface area (Å²) in [4.78, 5) is 21.4. The number of aromatic nitrogens is 2. The molecule has 0 aliphatic carbocycles. The summed E-state index contributed by atoms with van der Waals surface area (Å²) in [5, 5.41) is 3.40. The molecule has 1 amide bonds. The van der Waals surface area contributed by atoms with Crippen LogP contribution in [0.1, 0.15) is 35.0 Å². The van der Waals surface area contributed by atoms with E-state index in [1.807, 2.05) is 59.7 Å². The van der Waals surface area contributed by atoms with E-state index in [1.165, 1.54) is 11.8 Å². The summed E-state index contributed by atoms with van der Waals surface area (Å²) in [7, 11) is 0. The fourth-order valence-corrected chi connectivity index (χ4v) is 3.10. The van der Waals surface area contributed by atoms with E-state index in [9.17, 15) is 4.79 Å². The number of aryl methyl sites for hydroxylation is 4. The minimum Gasteiger partial charge on any atom is -0.325 e. The number of rotatable bonds is 4. The summed E-state index contributed by atoms with van der Waals surface area (Å²) in [5.41, 5.74) is 6.04. The van der Waals surface area contributed by atoms with Crippen LogP contribution in [0.25, 0.3) is 0 Å². The van der Waals surface area contributed by atoms with E-state index in [0.717, 1.165) is 33.8 Å². The third kappa shape index (κ3) is 4.10. The van der Waals surface area contributed by atoms with E-state index in [1.54, 1.807) is 0 Å². The van der Waals surface area contributed by atoms with Gasteiger partial charge in [0.15, 0.2) is 5.16 Å². The predicted octanol–water partition coefficient (Wildman–Crippen LogP) is 4.14. The molecular weight excluding hydrogens is 306 g/mol. The summed E-state index contributed by atoms with van der Waals surface area (Å²) in [6, 6.07) is 5.98. The van der Waals surface area contributed by atoms with E-state index in [0.29, 0.717) is 5.16 Å². The summed E-state index contributed by atoms with van der Waals surface area (Å²) in [5.74, 6) is -0.0353. The number of carbonyl (C=O) groups excluding carboxylic acids is 1. The Kier molecular flexibility index (Phi) is 5.42. The van der Waals surface area contributed by atoms with Gasteiger partial charge >= 0.3 is 0 Å². The molecule has 0 saturated carbocycles. The topological polar surface area (TPSA) is 54.9 Å². The Balaban J connectivity index is 2.12. The maximum atomic E-state index is 12.5. The van der Waals surface area contributed by atoms with Crippen molar-refractivity contribution in [3.8, 4) is 0 Å². The normalized spacial score (nSPS) is 12.1. The van der Waals surface area contributed by atoms with Crippen molar-refractivity contribution >= 4 is 23.4 Å². The zero-order valence-corrected chi connectivity index (χ0v) is 15.3. The molecule has 0 fully saturated rings. The molecule has 1 atom stereocenters. The summed E-state index contributed by atoms with van der Waals surface area (Å²) in [6.07, 6.45) is 0. The third-order valence-electron chi connectivity index (χ3n) is 3.99. The van der Waals surface area contributed by atoms with Gasteiger partial charge in [-0.05, 0) is 58.2 Å². The van der Waals surface area contributed by atoms with E-state index < -0.39 is 0 Å². The molecule has 1 N–H and O–H groups in total. The van der Waals surface area contributed by atoms with Crippen molar-refractivity contribution in [2.24, 2.45) is 0 Å². The first-order valence-corrected chi connectivity index (χ1v) is 8.53. The van der Waals surface area contributed by atoms with Gasteiger partial charge in [-0.2, -0.15) is 0 Å². The Hall–Kier alpha value is -1.88. The summed E-state index contributed by atoms with van der Waals surface area (Å²) < 4.78 is 0. The molecule has 1 heterocycles. The van der Waals surface area contributed by atoms with Crippen molar-refractivity contribution in [3.05, 3.63) is 46.3 Å². The van der Waals surface area contributed by atoms with Gasteiger partial charge in [-0.25, -0.2) is 9.97 Å². The van der Waals surface area contributed by atoms with Crippen LogP contribution in [-0.2, 0) is 4.79 Å². The summed E-state index contributed by atoms with van der Waals surface area (Å²) >= 11 is 1.39. The predicted molar refractivity (Wildman–Crippen MR) is 96.1 cm³/mol. The lowest BCUT2D eigenvalue weighted by Crippen LogP contribution is -2.23. The van der Waals surface area contributed by atoms with Crippen LogP contribution < -0.4 is 5.32 Å². The largest absolute Gasteiger partial charge is 0.325 e. The van der Waals surface area contributed by atoms with Gasteiger partial charge < -0.3 is 5.32 Å². The maximum absolute atomic E-state index is 12.5. The molecule has 1 aromatic carbocycles. The van der Waals surface area contributed by atoms with Crippen molar-refractivity contribution in [2.45, 2.75) is 51.9 Å². The number of carbonyl (C=O) groups is 1. The van der Waals surface area contributed by atoms with Gasteiger partial charge in [0.05, 0.1) is 5.25 Å². The molecule has 4 nitrogen and oxygen atoms in total. The fourth-order valence-electron chi connectivity index (χ4n) is 2.24. The van der Waals surface area contributed by atoms with Crippen LogP contribution in [0.4, 0.5) is 5.69 Å². The monoisotopic (exact) mass is 329 g/mol. The number of para-hydroxylation sites is 1.